The number of nitrogens with zero attached hydrogens (tertiary/aromatic N) is 3. The number of carboxylic acid groups (broad SMARTS) is 1. The molecular weight excluding hydrogens is 378 g/mol. The maximum atomic E-state index is 10.8. The molecule has 0 radical (unpaired) electrons. The Bertz CT molecular complexity index is 675. The molecule has 0 bridgehead atoms. The maximum Gasteiger partial charge on any atom is 0.313 e. The lowest BCUT2D eigenvalue weighted by Crippen LogP contribution is -2.07. The molecule has 0 atom stereocenters. The van der Waals surface area contributed by atoms with E-state index >= 15 is 0 Å². The van der Waals surface area contributed by atoms with Gasteiger partial charge < -0.3 is 5.11 Å². The summed E-state index contributed by atoms with van der Waals surface area (Å²) >= 11 is 10.7. The quantitative estimate of drug-likeness (QED) is 0.782. The SMILES string of the molecule is CC(C)c1nnc(SCC(=O)O)n1-c1cccc(Cl)c1Br. The molecule has 1 aromatic carbocycles. The van der Waals surface area contributed by atoms with E-state index in [9.17, 15) is 4.79 Å². The van der Waals surface area contributed by atoms with Crippen molar-refractivity contribution >= 4 is 45.3 Å². The Kier molecular flexibility index (Phi) is 5.29. The van der Waals surface area contributed by atoms with Crippen LogP contribution in [0.3, 0.4) is 0 Å². The number of rotatable bonds is 5. The molecular formula is C13H13BrClN3O2S. The standard InChI is InChI=1S/C13H13BrClN3O2S/c1-7(2)12-16-17-13(21-6-10(19)20)18(12)9-5-3-4-8(15)11(9)14/h3-5,7H,6H2,1-2H3,(H,19,20). The molecule has 112 valence electrons. The van der Waals surface area contributed by atoms with Crippen LogP contribution in [-0.2, 0) is 4.79 Å². The van der Waals surface area contributed by atoms with Crippen LogP contribution in [0.15, 0.2) is 27.8 Å². The second-order valence-corrected chi connectivity index (χ2v) is 6.73. The van der Waals surface area contributed by atoms with E-state index in [2.05, 4.69) is 26.1 Å². The van der Waals surface area contributed by atoms with Gasteiger partial charge in [0, 0.05) is 5.92 Å². The number of benzene rings is 1. The van der Waals surface area contributed by atoms with Crippen LogP contribution in [-0.4, -0.2) is 31.6 Å². The molecule has 0 saturated carbocycles. The van der Waals surface area contributed by atoms with E-state index < -0.39 is 5.97 Å². The summed E-state index contributed by atoms with van der Waals surface area (Å²) in [5, 5.41) is 18.2. The molecule has 0 unspecified atom stereocenters. The van der Waals surface area contributed by atoms with Gasteiger partial charge in [0.15, 0.2) is 5.16 Å². The third-order valence-corrected chi connectivity index (χ3v) is 4.96. The van der Waals surface area contributed by atoms with Crippen LogP contribution in [0.25, 0.3) is 5.69 Å². The fourth-order valence-corrected chi connectivity index (χ4v) is 3.05. The van der Waals surface area contributed by atoms with Crippen LogP contribution in [0, 0.1) is 0 Å². The van der Waals surface area contributed by atoms with Crippen molar-refractivity contribution < 1.29 is 9.90 Å². The molecule has 8 heteroatoms. The molecule has 1 heterocycles. The Labute approximate surface area is 139 Å². The minimum Gasteiger partial charge on any atom is -0.481 e. The van der Waals surface area contributed by atoms with E-state index in [0.717, 1.165) is 27.7 Å². The predicted octanol–water partition coefficient (Wildman–Crippen LogP) is 3.98. The van der Waals surface area contributed by atoms with Gasteiger partial charge >= 0.3 is 5.97 Å². The minimum absolute atomic E-state index is 0.0750. The van der Waals surface area contributed by atoms with Crippen molar-refractivity contribution in [2.75, 3.05) is 5.75 Å². The van der Waals surface area contributed by atoms with E-state index in [1.807, 2.05) is 30.5 Å². The highest BCUT2D eigenvalue weighted by atomic mass is 79.9. The summed E-state index contributed by atoms with van der Waals surface area (Å²) in [5.41, 5.74) is 0.795. The van der Waals surface area contributed by atoms with E-state index in [-0.39, 0.29) is 11.7 Å². The average molecular weight is 391 g/mol. The van der Waals surface area contributed by atoms with Gasteiger partial charge in [-0.25, -0.2) is 0 Å². The van der Waals surface area contributed by atoms with Gasteiger partial charge in [0.2, 0.25) is 0 Å². The Morgan fingerprint density at radius 2 is 2.19 bits per heavy atom. The Balaban J connectivity index is 2.55. The molecule has 1 aromatic heterocycles. The number of halogens is 2. The van der Waals surface area contributed by atoms with Crippen molar-refractivity contribution in [2.24, 2.45) is 0 Å². The molecule has 0 aliphatic carbocycles. The molecule has 1 N–H and O–H groups in total. The minimum atomic E-state index is -0.897. The first-order chi connectivity index (χ1) is 9.91. The van der Waals surface area contributed by atoms with Crippen LogP contribution >= 0.6 is 39.3 Å². The number of aliphatic carboxylic acids is 1. The first-order valence-corrected chi connectivity index (χ1v) is 8.31. The number of aromatic nitrogens is 3. The van der Waals surface area contributed by atoms with Gasteiger partial charge in [-0.15, -0.1) is 10.2 Å². The van der Waals surface area contributed by atoms with E-state index in [0.29, 0.717) is 10.2 Å². The van der Waals surface area contributed by atoms with Gasteiger partial charge in [0.05, 0.1) is 20.9 Å². The summed E-state index contributed by atoms with van der Waals surface area (Å²) in [6.45, 7) is 4.01. The zero-order chi connectivity index (χ0) is 15.6. The Hall–Kier alpha value is -1.05. The lowest BCUT2D eigenvalue weighted by Gasteiger charge is -2.14. The van der Waals surface area contributed by atoms with Gasteiger partial charge in [-0.1, -0.05) is 43.3 Å². The van der Waals surface area contributed by atoms with Gasteiger partial charge in [0.25, 0.3) is 0 Å². The summed E-state index contributed by atoms with van der Waals surface area (Å²) in [5.74, 6) is -0.0757. The summed E-state index contributed by atoms with van der Waals surface area (Å²) in [4.78, 5) is 10.8. The van der Waals surface area contributed by atoms with Crippen molar-refractivity contribution in [1.29, 1.82) is 0 Å². The summed E-state index contributed by atoms with van der Waals surface area (Å²) in [7, 11) is 0. The lowest BCUT2D eigenvalue weighted by atomic mass is 10.2. The summed E-state index contributed by atoms with van der Waals surface area (Å²) in [6.07, 6.45) is 0. The van der Waals surface area contributed by atoms with Crippen LogP contribution < -0.4 is 0 Å². The van der Waals surface area contributed by atoms with Crippen molar-refractivity contribution in [1.82, 2.24) is 14.8 Å². The first-order valence-electron chi connectivity index (χ1n) is 6.16. The first kappa shape index (κ1) is 16.3. The van der Waals surface area contributed by atoms with Crippen LogP contribution in [0.1, 0.15) is 25.6 Å². The number of carboxylic acids is 1. The molecule has 0 spiro atoms. The van der Waals surface area contributed by atoms with Gasteiger partial charge in [-0.2, -0.15) is 0 Å². The summed E-state index contributed by atoms with van der Waals surface area (Å²) < 4.78 is 2.57. The monoisotopic (exact) mass is 389 g/mol. The molecule has 0 aliphatic heterocycles. The second kappa shape index (κ2) is 6.81. The second-order valence-electron chi connectivity index (χ2n) is 4.59. The van der Waals surface area contributed by atoms with Gasteiger partial charge in [-0.05, 0) is 28.1 Å². The third kappa shape index (κ3) is 3.59. The number of carbonyl (C=O) groups is 1. The Morgan fingerprint density at radius 1 is 1.48 bits per heavy atom. The highest BCUT2D eigenvalue weighted by Crippen LogP contribution is 2.33. The smallest absolute Gasteiger partial charge is 0.313 e. The van der Waals surface area contributed by atoms with E-state index in [1.165, 1.54) is 0 Å². The summed E-state index contributed by atoms with van der Waals surface area (Å²) in [6, 6.07) is 5.49. The largest absolute Gasteiger partial charge is 0.481 e. The zero-order valence-electron chi connectivity index (χ0n) is 11.4. The molecule has 0 amide bonds. The molecule has 5 nitrogen and oxygen atoms in total. The molecule has 0 saturated heterocycles. The van der Waals surface area contributed by atoms with Crippen molar-refractivity contribution in [3.8, 4) is 5.69 Å². The van der Waals surface area contributed by atoms with Gasteiger partial charge in [-0.3, -0.25) is 9.36 Å². The molecule has 0 aliphatic rings. The molecule has 0 fully saturated rings. The van der Waals surface area contributed by atoms with Crippen molar-refractivity contribution in [3.05, 3.63) is 33.5 Å². The normalized spacial score (nSPS) is 11.1. The number of hydrogen-bond acceptors (Lipinski definition) is 4. The third-order valence-electron chi connectivity index (χ3n) is 2.67. The number of thioether (sulfide) groups is 1. The molecule has 21 heavy (non-hydrogen) atoms. The highest BCUT2D eigenvalue weighted by molar-refractivity contribution is 9.10. The van der Waals surface area contributed by atoms with E-state index in [1.54, 1.807) is 6.07 Å². The number of hydrogen-bond donors (Lipinski definition) is 1. The average Bonchev–Trinajstić information content (AvgIpc) is 2.83. The lowest BCUT2D eigenvalue weighted by molar-refractivity contribution is -0.133. The maximum absolute atomic E-state index is 10.8. The van der Waals surface area contributed by atoms with Crippen molar-refractivity contribution in [2.45, 2.75) is 24.9 Å². The van der Waals surface area contributed by atoms with Crippen LogP contribution in [0.2, 0.25) is 5.02 Å². The molecule has 2 aromatic rings. The predicted molar refractivity (Wildman–Crippen MR) is 86.5 cm³/mol. The topological polar surface area (TPSA) is 68.0 Å². The fraction of sp³-hybridized carbons (Fsp3) is 0.308. The zero-order valence-corrected chi connectivity index (χ0v) is 14.5. The van der Waals surface area contributed by atoms with Crippen molar-refractivity contribution in [3.63, 3.8) is 0 Å². The van der Waals surface area contributed by atoms with E-state index in [4.69, 9.17) is 16.7 Å². The Morgan fingerprint density at radius 3 is 2.81 bits per heavy atom. The van der Waals surface area contributed by atoms with Crippen LogP contribution in [0.5, 0.6) is 0 Å². The van der Waals surface area contributed by atoms with Gasteiger partial charge in [0.1, 0.15) is 5.82 Å². The van der Waals surface area contributed by atoms with Crippen LogP contribution in [0.4, 0.5) is 0 Å². The highest BCUT2D eigenvalue weighted by Gasteiger charge is 2.20. The molecule has 2 rings (SSSR count). The fourth-order valence-electron chi connectivity index (χ4n) is 1.77.